The largest absolute Gasteiger partial charge is 0.351 e. The number of rotatable bonds is 5. The summed E-state index contributed by atoms with van der Waals surface area (Å²) in [5.41, 5.74) is 6.41. The molecule has 0 spiro atoms. The highest BCUT2D eigenvalue weighted by atomic mass is 32.2. The van der Waals surface area contributed by atoms with Crippen molar-refractivity contribution in [2.45, 2.75) is 57.5 Å². The first-order chi connectivity index (χ1) is 16.3. The first kappa shape index (κ1) is 21.7. The van der Waals surface area contributed by atoms with Crippen LogP contribution in [0.3, 0.4) is 0 Å². The Morgan fingerprint density at radius 3 is 2.50 bits per heavy atom. The molecule has 3 aromatic rings. The number of hydrogen-bond acceptors (Lipinski definition) is 7. The number of imidazole rings is 1. The van der Waals surface area contributed by atoms with Gasteiger partial charge in [-0.25, -0.2) is 27.7 Å². The van der Waals surface area contributed by atoms with E-state index in [4.69, 9.17) is 9.97 Å². The van der Waals surface area contributed by atoms with E-state index in [0.717, 1.165) is 78.3 Å². The number of sulfonamides is 1. The molecular formula is C23H30N8O2S. The van der Waals surface area contributed by atoms with Gasteiger partial charge in [-0.05, 0) is 51.0 Å². The number of hydrogen-bond donors (Lipinski definition) is 1. The molecule has 0 unspecified atom stereocenters. The van der Waals surface area contributed by atoms with Crippen molar-refractivity contribution < 1.29 is 8.42 Å². The van der Waals surface area contributed by atoms with Crippen LogP contribution in [0.1, 0.15) is 48.7 Å². The van der Waals surface area contributed by atoms with Crippen LogP contribution >= 0.6 is 0 Å². The van der Waals surface area contributed by atoms with Crippen LogP contribution < -0.4 is 5.32 Å². The molecule has 2 fully saturated rings. The summed E-state index contributed by atoms with van der Waals surface area (Å²) in [6.07, 6.45) is 10.8. The predicted octanol–water partition coefficient (Wildman–Crippen LogP) is 2.32. The summed E-state index contributed by atoms with van der Waals surface area (Å²) in [5.74, 6) is 1.60. The molecule has 2 aliphatic carbocycles. The summed E-state index contributed by atoms with van der Waals surface area (Å²) in [7, 11) is -1.19. The quantitative estimate of drug-likeness (QED) is 0.594. The van der Waals surface area contributed by atoms with Gasteiger partial charge in [0.15, 0.2) is 0 Å². The number of nitrogens with one attached hydrogen (secondary N) is 1. The van der Waals surface area contributed by atoms with Crippen LogP contribution in [0.4, 0.5) is 5.95 Å². The maximum Gasteiger partial charge on any atom is 0.223 e. The number of fused-ring (bicyclic) bond motifs is 3. The molecule has 11 heteroatoms. The summed E-state index contributed by atoms with van der Waals surface area (Å²) in [5, 5.41) is 8.01. The molecule has 1 N–H and O–H groups in total. The molecule has 0 atom stereocenters. The number of piperidine rings is 1. The van der Waals surface area contributed by atoms with Crippen LogP contribution in [0.25, 0.3) is 22.8 Å². The second-order valence-corrected chi connectivity index (χ2v) is 11.8. The maximum absolute atomic E-state index is 11.8. The van der Waals surface area contributed by atoms with Crippen molar-refractivity contribution in [3.05, 3.63) is 29.3 Å². The van der Waals surface area contributed by atoms with Gasteiger partial charge in [0.25, 0.3) is 0 Å². The molecule has 180 valence electrons. The predicted molar refractivity (Wildman–Crippen MR) is 129 cm³/mol. The fourth-order valence-corrected chi connectivity index (χ4v) is 6.11. The highest BCUT2D eigenvalue weighted by Crippen LogP contribution is 2.45. The van der Waals surface area contributed by atoms with Gasteiger partial charge >= 0.3 is 0 Å². The zero-order valence-corrected chi connectivity index (χ0v) is 20.6. The third-order valence-electron chi connectivity index (χ3n) is 7.13. The second-order valence-electron chi connectivity index (χ2n) is 9.78. The van der Waals surface area contributed by atoms with Gasteiger partial charge in [0.2, 0.25) is 16.0 Å². The number of aryl methyl sites for hydroxylation is 4. The highest BCUT2D eigenvalue weighted by molar-refractivity contribution is 7.88. The maximum atomic E-state index is 11.8. The summed E-state index contributed by atoms with van der Waals surface area (Å²) in [4.78, 5) is 14.7. The third-order valence-corrected chi connectivity index (χ3v) is 8.43. The molecule has 1 aliphatic heterocycles. The minimum atomic E-state index is -3.14. The average molecular weight is 483 g/mol. The van der Waals surface area contributed by atoms with Gasteiger partial charge in [-0.15, -0.1) is 0 Å². The zero-order valence-electron chi connectivity index (χ0n) is 19.8. The lowest BCUT2D eigenvalue weighted by Gasteiger charge is -2.30. The lowest BCUT2D eigenvalue weighted by Crippen LogP contribution is -2.42. The Kier molecular flexibility index (Phi) is 5.03. The monoisotopic (exact) mass is 482 g/mol. The fraction of sp³-hybridized carbons (Fsp3) is 0.565. The molecule has 1 saturated carbocycles. The molecule has 0 bridgehead atoms. The number of nitrogens with zero attached hydrogens (tertiary/aromatic N) is 7. The van der Waals surface area contributed by atoms with Crippen LogP contribution in [-0.2, 0) is 29.9 Å². The Balaban J connectivity index is 1.33. The van der Waals surface area contributed by atoms with Crippen LogP contribution in [0.2, 0.25) is 0 Å². The SMILES string of the molecule is Cc1nn(C)cc1-c1nc2c(n1C1CC1)-c1nc(NC3CCN(S(C)(=O)=O)CC3)ncc1CC2. The van der Waals surface area contributed by atoms with E-state index in [0.29, 0.717) is 25.1 Å². The Hall–Kier alpha value is -2.79. The van der Waals surface area contributed by atoms with E-state index in [1.165, 1.54) is 6.26 Å². The fourth-order valence-electron chi connectivity index (χ4n) is 5.23. The van der Waals surface area contributed by atoms with E-state index < -0.39 is 10.0 Å². The van der Waals surface area contributed by atoms with Crippen molar-refractivity contribution in [1.82, 2.24) is 33.6 Å². The molecule has 0 amide bonds. The molecule has 3 aliphatic rings. The van der Waals surface area contributed by atoms with Gasteiger partial charge in [-0.1, -0.05) is 0 Å². The van der Waals surface area contributed by atoms with Gasteiger partial charge in [-0.3, -0.25) is 4.68 Å². The van der Waals surface area contributed by atoms with Gasteiger partial charge in [0.05, 0.1) is 34.6 Å². The standard InChI is InChI=1S/C23H30N8O2S/c1-14-18(13-29(2)28-14)22-26-19-7-4-15-12-24-23(27-20(15)21(19)31(22)17-5-6-17)25-16-8-10-30(11-9-16)34(3,32)33/h12-13,16-17H,4-11H2,1-3H3,(H,24,25,27). The van der Waals surface area contributed by atoms with Crippen molar-refractivity contribution in [2.24, 2.45) is 7.05 Å². The Bertz CT molecular complexity index is 1360. The summed E-state index contributed by atoms with van der Waals surface area (Å²) in [6.45, 7) is 3.08. The molecular weight excluding hydrogens is 452 g/mol. The molecule has 0 aromatic carbocycles. The van der Waals surface area contributed by atoms with Crippen LogP contribution in [0.5, 0.6) is 0 Å². The number of aromatic nitrogens is 6. The van der Waals surface area contributed by atoms with Crippen molar-refractivity contribution in [1.29, 1.82) is 0 Å². The van der Waals surface area contributed by atoms with Gasteiger partial charge in [-0.2, -0.15) is 5.10 Å². The molecule has 3 aromatic heterocycles. The summed E-state index contributed by atoms with van der Waals surface area (Å²) < 4.78 is 29.4. The molecule has 0 radical (unpaired) electrons. The van der Waals surface area contributed by atoms with Crippen LogP contribution in [-0.4, -0.2) is 67.4 Å². The first-order valence-corrected chi connectivity index (χ1v) is 13.8. The van der Waals surface area contributed by atoms with Gasteiger partial charge in [0.1, 0.15) is 5.82 Å². The van der Waals surface area contributed by atoms with Crippen molar-refractivity contribution in [3.8, 4) is 22.8 Å². The first-order valence-electron chi connectivity index (χ1n) is 12.0. The minimum Gasteiger partial charge on any atom is -0.351 e. The Morgan fingerprint density at radius 2 is 1.85 bits per heavy atom. The van der Waals surface area contributed by atoms with E-state index in [1.807, 2.05) is 24.9 Å². The molecule has 6 rings (SSSR count). The Labute approximate surface area is 199 Å². The van der Waals surface area contributed by atoms with E-state index >= 15 is 0 Å². The van der Waals surface area contributed by atoms with Crippen molar-refractivity contribution in [3.63, 3.8) is 0 Å². The average Bonchev–Trinajstić information content (AvgIpc) is 3.47. The smallest absolute Gasteiger partial charge is 0.223 e. The van der Waals surface area contributed by atoms with E-state index in [-0.39, 0.29) is 6.04 Å². The zero-order chi connectivity index (χ0) is 23.6. The van der Waals surface area contributed by atoms with Crippen LogP contribution in [0.15, 0.2) is 12.4 Å². The summed E-state index contributed by atoms with van der Waals surface area (Å²) >= 11 is 0. The van der Waals surface area contributed by atoms with Crippen LogP contribution in [0, 0.1) is 6.92 Å². The topological polar surface area (TPSA) is 111 Å². The highest BCUT2D eigenvalue weighted by Gasteiger charge is 2.35. The van der Waals surface area contributed by atoms with E-state index in [1.54, 1.807) is 4.31 Å². The Morgan fingerprint density at radius 1 is 1.09 bits per heavy atom. The number of anilines is 1. The lowest BCUT2D eigenvalue weighted by molar-refractivity contribution is 0.331. The van der Waals surface area contributed by atoms with E-state index in [9.17, 15) is 8.42 Å². The molecule has 34 heavy (non-hydrogen) atoms. The van der Waals surface area contributed by atoms with Crippen molar-refractivity contribution >= 4 is 16.0 Å². The molecule has 4 heterocycles. The van der Waals surface area contributed by atoms with Crippen molar-refractivity contribution in [2.75, 3.05) is 24.7 Å². The third kappa shape index (κ3) is 3.80. The normalized spacial score (nSPS) is 19.1. The molecule has 10 nitrogen and oxygen atoms in total. The molecule has 1 saturated heterocycles. The van der Waals surface area contributed by atoms with Gasteiger partial charge < -0.3 is 9.88 Å². The van der Waals surface area contributed by atoms with Gasteiger partial charge in [0, 0.05) is 44.6 Å². The summed E-state index contributed by atoms with van der Waals surface area (Å²) in [6, 6.07) is 0.601. The lowest BCUT2D eigenvalue weighted by atomic mass is 9.98. The minimum absolute atomic E-state index is 0.154. The van der Waals surface area contributed by atoms with E-state index in [2.05, 4.69) is 26.2 Å². The second kappa shape index (κ2) is 7.88.